The highest BCUT2D eigenvalue weighted by Gasteiger charge is 2.33. The Hall–Kier alpha value is -2.28. The zero-order valence-electron chi connectivity index (χ0n) is 13.1. The molecule has 1 aliphatic heterocycles. The van der Waals surface area contributed by atoms with Crippen molar-refractivity contribution >= 4 is 15.7 Å². The summed E-state index contributed by atoms with van der Waals surface area (Å²) >= 11 is 0. The van der Waals surface area contributed by atoms with Gasteiger partial charge in [0.2, 0.25) is 0 Å². The number of benzene rings is 1. The largest absolute Gasteiger partial charge is 0.338 e. The van der Waals surface area contributed by atoms with E-state index in [0.29, 0.717) is 17.5 Å². The number of hydrogen-bond donors (Lipinski definition) is 0. The van der Waals surface area contributed by atoms with Crippen molar-refractivity contribution < 1.29 is 17.6 Å². The molecule has 1 amide bonds. The van der Waals surface area contributed by atoms with Crippen molar-refractivity contribution in [2.75, 3.05) is 18.6 Å². The fraction of sp³-hybridized carbons (Fsp3) is 0.294. The van der Waals surface area contributed by atoms with Gasteiger partial charge < -0.3 is 4.90 Å². The number of hydrogen-bond acceptors (Lipinski definition) is 4. The molecule has 0 N–H and O–H groups in total. The van der Waals surface area contributed by atoms with Gasteiger partial charge in [-0.05, 0) is 30.7 Å². The van der Waals surface area contributed by atoms with Crippen molar-refractivity contribution in [1.29, 1.82) is 0 Å². The molecule has 1 aliphatic rings. The number of pyridine rings is 1. The van der Waals surface area contributed by atoms with E-state index in [1.54, 1.807) is 31.3 Å². The van der Waals surface area contributed by atoms with Crippen LogP contribution >= 0.6 is 0 Å². The Morgan fingerprint density at radius 1 is 1.29 bits per heavy atom. The monoisotopic (exact) mass is 348 g/mol. The Bertz CT molecular complexity index is 883. The van der Waals surface area contributed by atoms with Crippen LogP contribution in [-0.2, 0) is 9.84 Å². The second-order valence-corrected chi connectivity index (χ2v) is 8.12. The first-order valence-electron chi connectivity index (χ1n) is 7.56. The maximum absolute atomic E-state index is 13.9. The molecule has 0 bridgehead atoms. The van der Waals surface area contributed by atoms with Gasteiger partial charge in [-0.15, -0.1) is 0 Å². The zero-order chi connectivity index (χ0) is 17.3. The van der Waals surface area contributed by atoms with Gasteiger partial charge in [0.25, 0.3) is 5.91 Å². The van der Waals surface area contributed by atoms with Gasteiger partial charge in [0.05, 0.1) is 11.5 Å². The number of rotatable bonds is 3. The normalized spacial score (nSPS) is 19.2. The standard InChI is InChI=1S/C17H17FN2O3S/c1-20(14-7-9-24(22,23)11-14)17(21)13-5-2-4-12(10-13)16-15(18)6-3-8-19-16/h2-6,8,10,14H,7,9,11H2,1H3/t14-/m1/s1. The summed E-state index contributed by atoms with van der Waals surface area (Å²) in [7, 11) is -1.47. The molecular weight excluding hydrogens is 331 g/mol. The van der Waals surface area contributed by atoms with Crippen LogP contribution in [0.2, 0.25) is 0 Å². The van der Waals surface area contributed by atoms with E-state index >= 15 is 0 Å². The minimum atomic E-state index is -3.07. The molecule has 1 aromatic carbocycles. The van der Waals surface area contributed by atoms with Gasteiger partial charge in [-0.25, -0.2) is 12.8 Å². The fourth-order valence-electron chi connectivity index (χ4n) is 2.85. The Labute approximate surface area is 140 Å². The van der Waals surface area contributed by atoms with Gasteiger partial charge in [0, 0.05) is 30.4 Å². The summed E-state index contributed by atoms with van der Waals surface area (Å²) in [6, 6.07) is 9.05. The Morgan fingerprint density at radius 3 is 2.75 bits per heavy atom. The average molecular weight is 348 g/mol. The van der Waals surface area contributed by atoms with Crippen LogP contribution in [-0.4, -0.2) is 48.8 Å². The van der Waals surface area contributed by atoms with Crippen LogP contribution in [0.1, 0.15) is 16.8 Å². The lowest BCUT2D eigenvalue weighted by Gasteiger charge is -2.23. The van der Waals surface area contributed by atoms with Gasteiger partial charge in [-0.1, -0.05) is 12.1 Å². The number of amides is 1. The highest BCUT2D eigenvalue weighted by atomic mass is 32.2. The molecule has 1 saturated heterocycles. The molecule has 0 unspecified atom stereocenters. The van der Waals surface area contributed by atoms with E-state index in [9.17, 15) is 17.6 Å². The lowest BCUT2D eigenvalue weighted by Crippen LogP contribution is -2.37. The Kier molecular flexibility index (Phi) is 4.36. The molecule has 3 rings (SSSR count). The summed E-state index contributed by atoms with van der Waals surface area (Å²) in [6.45, 7) is 0. The number of carbonyl (C=O) groups excluding carboxylic acids is 1. The second-order valence-electron chi connectivity index (χ2n) is 5.89. The van der Waals surface area contributed by atoms with Crippen LogP contribution in [0.25, 0.3) is 11.3 Å². The maximum Gasteiger partial charge on any atom is 0.253 e. The molecule has 1 fully saturated rings. The molecule has 0 spiro atoms. The molecule has 126 valence electrons. The number of aromatic nitrogens is 1. The third kappa shape index (κ3) is 3.31. The molecule has 0 radical (unpaired) electrons. The highest BCUT2D eigenvalue weighted by molar-refractivity contribution is 7.91. The average Bonchev–Trinajstić information content (AvgIpc) is 2.94. The molecule has 2 aromatic rings. The van der Waals surface area contributed by atoms with Crippen LogP contribution in [0.3, 0.4) is 0 Å². The van der Waals surface area contributed by atoms with Crippen LogP contribution in [0.5, 0.6) is 0 Å². The summed E-state index contributed by atoms with van der Waals surface area (Å²) in [6.07, 6.45) is 1.93. The van der Waals surface area contributed by atoms with Crippen LogP contribution in [0.4, 0.5) is 4.39 Å². The molecule has 2 heterocycles. The molecule has 7 heteroatoms. The Balaban J connectivity index is 1.86. The van der Waals surface area contributed by atoms with E-state index in [2.05, 4.69) is 4.98 Å². The van der Waals surface area contributed by atoms with Crippen molar-refractivity contribution in [3.8, 4) is 11.3 Å². The van der Waals surface area contributed by atoms with Crippen molar-refractivity contribution in [2.45, 2.75) is 12.5 Å². The zero-order valence-corrected chi connectivity index (χ0v) is 14.0. The van der Waals surface area contributed by atoms with Crippen LogP contribution in [0, 0.1) is 5.82 Å². The van der Waals surface area contributed by atoms with E-state index in [4.69, 9.17) is 0 Å². The van der Waals surface area contributed by atoms with Gasteiger partial charge in [0.15, 0.2) is 9.84 Å². The maximum atomic E-state index is 13.9. The molecule has 1 atom stereocenters. The molecule has 1 aromatic heterocycles. The number of sulfone groups is 1. The molecule has 24 heavy (non-hydrogen) atoms. The van der Waals surface area contributed by atoms with Crippen molar-refractivity contribution in [3.05, 3.63) is 54.0 Å². The van der Waals surface area contributed by atoms with Gasteiger partial charge in [-0.2, -0.15) is 0 Å². The molecule has 0 aliphatic carbocycles. The lowest BCUT2D eigenvalue weighted by atomic mass is 10.1. The summed E-state index contributed by atoms with van der Waals surface area (Å²) < 4.78 is 37.1. The predicted octanol–water partition coefficient (Wildman–Crippen LogP) is 2.15. The third-order valence-corrected chi connectivity index (χ3v) is 5.97. The van der Waals surface area contributed by atoms with Crippen molar-refractivity contribution in [3.63, 3.8) is 0 Å². The molecular formula is C17H17FN2O3S. The van der Waals surface area contributed by atoms with Crippen LogP contribution < -0.4 is 0 Å². The van der Waals surface area contributed by atoms with E-state index in [1.165, 1.54) is 23.2 Å². The fourth-order valence-corrected chi connectivity index (χ4v) is 4.62. The second kappa shape index (κ2) is 6.32. The first-order valence-corrected chi connectivity index (χ1v) is 9.38. The van der Waals surface area contributed by atoms with E-state index < -0.39 is 15.7 Å². The first-order chi connectivity index (χ1) is 11.4. The van der Waals surface area contributed by atoms with Crippen LogP contribution in [0.15, 0.2) is 42.6 Å². The predicted molar refractivity (Wildman–Crippen MR) is 88.8 cm³/mol. The SMILES string of the molecule is CN(C(=O)c1cccc(-c2ncccc2F)c1)[C@@H]1CCS(=O)(=O)C1. The van der Waals surface area contributed by atoms with E-state index in [1.807, 2.05) is 0 Å². The summed E-state index contributed by atoms with van der Waals surface area (Å²) in [5.41, 5.74) is 1.06. The summed E-state index contributed by atoms with van der Waals surface area (Å²) in [5, 5.41) is 0. The number of carbonyl (C=O) groups is 1. The quantitative estimate of drug-likeness (QED) is 0.852. The van der Waals surface area contributed by atoms with Crippen molar-refractivity contribution in [2.24, 2.45) is 0 Å². The minimum absolute atomic E-state index is 0.0101. The van der Waals surface area contributed by atoms with Gasteiger partial charge in [-0.3, -0.25) is 9.78 Å². The topological polar surface area (TPSA) is 67.3 Å². The van der Waals surface area contributed by atoms with Gasteiger partial charge in [0.1, 0.15) is 11.5 Å². The minimum Gasteiger partial charge on any atom is -0.338 e. The summed E-state index contributed by atoms with van der Waals surface area (Å²) in [4.78, 5) is 18.1. The van der Waals surface area contributed by atoms with Crippen molar-refractivity contribution in [1.82, 2.24) is 9.88 Å². The Morgan fingerprint density at radius 2 is 2.08 bits per heavy atom. The first kappa shape index (κ1) is 16.6. The number of nitrogens with zero attached hydrogens (tertiary/aromatic N) is 2. The molecule has 0 saturated carbocycles. The third-order valence-electron chi connectivity index (χ3n) is 4.22. The van der Waals surface area contributed by atoms with Gasteiger partial charge >= 0.3 is 0 Å². The lowest BCUT2D eigenvalue weighted by molar-refractivity contribution is 0.0747. The summed E-state index contributed by atoms with van der Waals surface area (Å²) in [5.74, 6) is -0.647. The van der Waals surface area contributed by atoms with E-state index in [-0.39, 0.29) is 29.1 Å². The van der Waals surface area contributed by atoms with E-state index in [0.717, 1.165) is 0 Å². The molecule has 5 nitrogen and oxygen atoms in total. The number of halogens is 1. The smallest absolute Gasteiger partial charge is 0.253 e. The highest BCUT2D eigenvalue weighted by Crippen LogP contribution is 2.23.